The van der Waals surface area contributed by atoms with E-state index < -0.39 is 0 Å². The van der Waals surface area contributed by atoms with Crippen molar-refractivity contribution in [2.24, 2.45) is 0 Å². The van der Waals surface area contributed by atoms with Crippen molar-refractivity contribution in [2.45, 2.75) is 45.6 Å². The van der Waals surface area contributed by atoms with Crippen LogP contribution in [0.15, 0.2) is 48.2 Å². The third-order valence-corrected chi connectivity index (χ3v) is 7.43. The van der Waals surface area contributed by atoms with Crippen LogP contribution in [0.4, 0.5) is 4.79 Å². The van der Waals surface area contributed by atoms with Crippen LogP contribution in [-0.4, -0.2) is 74.1 Å². The largest absolute Gasteiger partial charge is 0.497 e. The SMILES string of the molecule is CCN1CCCN(C(=O)c2cccc(OC)c2)CCCC2=C[C@H](C)c3c(cc(OC)cc3OC)CN2C1=O. The molecular formula is C30H39N3O5. The minimum atomic E-state index is -0.0122. The lowest BCUT2D eigenvalue weighted by molar-refractivity contribution is 0.0748. The smallest absolute Gasteiger partial charge is 0.324 e. The number of amides is 3. The first kappa shape index (κ1) is 27.4. The highest BCUT2D eigenvalue weighted by atomic mass is 16.5. The molecule has 1 atom stereocenters. The van der Waals surface area contributed by atoms with E-state index in [-0.39, 0.29) is 17.9 Å². The second-order valence-electron chi connectivity index (χ2n) is 9.78. The summed E-state index contributed by atoms with van der Waals surface area (Å²) in [4.78, 5) is 33.0. The molecule has 3 amide bonds. The summed E-state index contributed by atoms with van der Waals surface area (Å²) >= 11 is 0. The van der Waals surface area contributed by atoms with Crippen molar-refractivity contribution in [3.8, 4) is 17.2 Å². The van der Waals surface area contributed by atoms with Crippen LogP contribution in [-0.2, 0) is 6.54 Å². The van der Waals surface area contributed by atoms with E-state index in [9.17, 15) is 9.59 Å². The summed E-state index contributed by atoms with van der Waals surface area (Å²) in [6.07, 6.45) is 4.32. The quantitative estimate of drug-likeness (QED) is 0.535. The Kier molecular flexibility index (Phi) is 8.81. The van der Waals surface area contributed by atoms with E-state index in [1.165, 1.54) is 0 Å². The molecule has 1 saturated heterocycles. The fraction of sp³-hybridized carbons (Fsp3) is 0.467. The van der Waals surface area contributed by atoms with E-state index in [2.05, 4.69) is 13.0 Å². The first-order valence-electron chi connectivity index (χ1n) is 13.3. The third-order valence-electron chi connectivity index (χ3n) is 7.43. The first-order chi connectivity index (χ1) is 18.4. The van der Waals surface area contributed by atoms with E-state index in [0.717, 1.165) is 29.0 Å². The van der Waals surface area contributed by atoms with Crippen LogP contribution in [0.25, 0.3) is 0 Å². The van der Waals surface area contributed by atoms with Gasteiger partial charge >= 0.3 is 6.03 Å². The number of carbonyl (C=O) groups excluding carboxylic acids is 2. The highest BCUT2D eigenvalue weighted by Crippen LogP contribution is 2.40. The predicted octanol–water partition coefficient (Wildman–Crippen LogP) is 5.28. The molecule has 0 spiro atoms. The van der Waals surface area contributed by atoms with Crippen molar-refractivity contribution < 1.29 is 23.8 Å². The molecule has 2 aliphatic heterocycles. The van der Waals surface area contributed by atoms with Gasteiger partial charge in [0.25, 0.3) is 5.91 Å². The summed E-state index contributed by atoms with van der Waals surface area (Å²) in [5.41, 5.74) is 3.69. The Bertz CT molecular complexity index is 1190. The fourth-order valence-corrected chi connectivity index (χ4v) is 5.45. The number of allylic oxidation sites excluding steroid dienone is 2. The molecule has 0 bridgehead atoms. The van der Waals surface area contributed by atoms with Crippen molar-refractivity contribution in [1.82, 2.24) is 14.7 Å². The predicted molar refractivity (Wildman–Crippen MR) is 147 cm³/mol. The molecule has 2 aliphatic rings. The van der Waals surface area contributed by atoms with Crippen molar-refractivity contribution >= 4 is 11.9 Å². The van der Waals surface area contributed by atoms with Gasteiger partial charge in [-0.1, -0.05) is 19.1 Å². The molecule has 0 N–H and O–H groups in total. The number of carbonyl (C=O) groups is 2. The maximum absolute atomic E-state index is 13.9. The Labute approximate surface area is 225 Å². The van der Waals surface area contributed by atoms with Crippen LogP contribution >= 0.6 is 0 Å². The lowest BCUT2D eigenvalue weighted by Crippen LogP contribution is -2.43. The summed E-state index contributed by atoms with van der Waals surface area (Å²) in [6.45, 7) is 6.95. The molecule has 2 aromatic carbocycles. The summed E-state index contributed by atoms with van der Waals surface area (Å²) in [6, 6.07) is 11.2. The summed E-state index contributed by atoms with van der Waals surface area (Å²) in [7, 11) is 4.91. The number of hydrogen-bond acceptors (Lipinski definition) is 5. The molecule has 0 unspecified atom stereocenters. The minimum absolute atomic E-state index is 0.00633. The lowest BCUT2D eigenvalue weighted by atomic mass is 9.94. The molecule has 8 heteroatoms. The normalized spacial score (nSPS) is 18.4. The number of ether oxygens (including phenoxy) is 3. The van der Waals surface area contributed by atoms with Gasteiger partial charge in [-0.3, -0.25) is 9.69 Å². The average Bonchev–Trinajstić information content (AvgIpc) is 3.09. The topological polar surface area (TPSA) is 71.6 Å². The zero-order valence-electron chi connectivity index (χ0n) is 23.2. The zero-order chi connectivity index (χ0) is 27.2. The molecule has 204 valence electrons. The summed E-state index contributed by atoms with van der Waals surface area (Å²) in [5, 5.41) is 0. The van der Waals surface area contributed by atoms with Gasteiger partial charge in [0.15, 0.2) is 0 Å². The van der Waals surface area contributed by atoms with Gasteiger partial charge in [0.05, 0.1) is 27.9 Å². The number of hydrogen-bond donors (Lipinski definition) is 0. The third kappa shape index (κ3) is 5.74. The van der Waals surface area contributed by atoms with Crippen molar-refractivity contribution in [3.05, 3.63) is 64.9 Å². The average molecular weight is 522 g/mol. The van der Waals surface area contributed by atoms with Gasteiger partial charge in [-0.2, -0.15) is 0 Å². The van der Waals surface area contributed by atoms with Crippen LogP contribution in [0, 0.1) is 0 Å². The van der Waals surface area contributed by atoms with Crippen LogP contribution in [0.2, 0.25) is 0 Å². The van der Waals surface area contributed by atoms with Gasteiger partial charge in [-0.05, 0) is 56.0 Å². The molecule has 0 aliphatic carbocycles. The second-order valence-corrected chi connectivity index (χ2v) is 9.78. The number of fused-ring (bicyclic) bond motifs is 2. The van der Waals surface area contributed by atoms with E-state index in [4.69, 9.17) is 14.2 Å². The number of benzene rings is 2. The van der Waals surface area contributed by atoms with Crippen molar-refractivity contribution in [2.75, 3.05) is 47.5 Å². The van der Waals surface area contributed by atoms with Gasteiger partial charge in [0.1, 0.15) is 17.2 Å². The van der Waals surface area contributed by atoms with Gasteiger partial charge in [0.2, 0.25) is 0 Å². The highest BCUT2D eigenvalue weighted by Gasteiger charge is 2.30. The highest BCUT2D eigenvalue weighted by molar-refractivity contribution is 5.94. The molecule has 4 rings (SSSR count). The second kappa shape index (κ2) is 12.2. The van der Waals surface area contributed by atoms with Crippen molar-refractivity contribution in [3.63, 3.8) is 0 Å². The van der Waals surface area contributed by atoms with Gasteiger partial charge < -0.3 is 24.0 Å². The number of methoxy groups -OCH3 is 3. The molecule has 1 fully saturated rings. The summed E-state index contributed by atoms with van der Waals surface area (Å²) in [5.74, 6) is 2.17. The maximum Gasteiger partial charge on any atom is 0.324 e. The van der Waals surface area contributed by atoms with Crippen LogP contribution in [0.5, 0.6) is 17.2 Å². The Morgan fingerprint density at radius 2 is 1.74 bits per heavy atom. The number of rotatable bonds is 5. The monoisotopic (exact) mass is 521 g/mol. The van der Waals surface area contributed by atoms with Gasteiger partial charge in [0, 0.05) is 55.0 Å². The standard InChI is InChI=1S/C30H39N3O5/c1-6-31-14-9-15-32(29(34)22-10-7-12-25(17-22)36-3)13-8-11-24-16-21(2)28-23(20-33(24)30(31)35)18-26(37-4)19-27(28)38-5/h7,10,12,16-19,21H,6,8-9,11,13-15,20H2,1-5H3/t21-/m0/s1. The van der Waals surface area contributed by atoms with E-state index in [1.807, 2.05) is 52.0 Å². The molecular weight excluding hydrogens is 482 g/mol. The Hall–Kier alpha value is -3.68. The molecule has 2 aromatic rings. The lowest BCUT2D eigenvalue weighted by Gasteiger charge is -2.31. The zero-order valence-corrected chi connectivity index (χ0v) is 23.2. The van der Waals surface area contributed by atoms with Crippen LogP contribution in [0.1, 0.15) is 60.5 Å². The van der Waals surface area contributed by atoms with E-state index in [1.54, 1.807) is 27.4 Å². The van der Waals surface area contributed by atoms with Gasteiger partial charge in [-0.25, -0.2) is 4.79 Å². The van der Waals surface area contributed by atoms with E-state index >= 15 is 0 Å². The van der Waals surface area contributed by atoms with Crippen LogP contribution in [0.3, 0.4) is 0 Å². The first-order valence-corrected chi connectivity index (χ1v) is 13.3. The minimum Gasteiger partial charge on any atom is -0.497 e. The van der Waals surface area contributed by atoms with Crippen LogP contribution < -0.4 is 14.2 Å². The van der Waals surface area contributed by atoms with E-state index in [0.29, 0.717) is 62.6 Å². The van der Waals surface area contributed by atoms with Gasteiger partial charge in [-0.15, -0.1) is 0 Å². The summed E-state index contributed by atoms with van der Waals surface area (Å²) < 4.78 is 16.6. The fourth-order valence-electron chi connectivity index (χ4n) is 5.45. The Morgan fingerprint density at radius 3 is 2.45 bits per heavy atom. The van der Waals surface area contributed by atoms with Crippen molar-refractivity contribution in [1.29, 1.82) is 0 Å². The molecule has 38 heavy (non-hydrogen) atoms. The maximum atomic E-state index is 13.9. The molecule has 0 aromatic heterocycles. The molecule has 2 heterocycles. The number of nitrogens with zero attached hydrogens (tertiary/aromatic N) is 3. The molecule has 0 saturated carbocycles. The molecule has 8 nitrogen and oxygen atoms in total. The molecule has 0 radical (unpaired) electrons. The Morgan fingerprint density at radius 1 is 0.974 bits per heavy atom. The number of urea groups is 1. The Balaban J connectivity index is 1.65.